The molecule has 0 aliphatic carbocycles. The molecule has 2 aromatic carbocycles. The van der Waals surface area contributed by atoms with Crippen molar-refractivity contribution in [3.63, 3.8) is 0 Å². The van der Waals surface area contributed by atoms with E-state index in [1.807, 2.05) is 0 Å². The maximum Gasteiger partial charge on any atom is 0.309 e. The highest BCUT2D eigenvalue weighted by Gasteiger charge is 2.30. The summed E-state index contributed by atoms with van der Waals surface area (Å²) in [6.45, 7) is 0.169. The summed E-state index contributed by atoms with van der Waals surface area (Å²) in [5.41, 5.74) is 2.21. The van der Waals surface area contributed by atoms with E-state index in [-0.39, 0.29) is 22.9 Å². The minimum absolute atomic E-state index is 0.0386. The van der Waals surface area contributed by atoms with Crippen LogP contribution in [-0.4, -0.2) is 31.8 Å². The molecule has 10 heteroatoms. The van der Waals surface area contributed by atoms with Gasteiger partial charge >= 0.3 is 5.97 Å². The lowest BCUT2D eigenvalue weighted by molar-refractivity contribution is -0.135. The molecule has 0 radical (unpaired) electrons. The number of halogens is 2. The summed E-state index contributed by atoms with van der Waals surface area (Å²) in [5, 5.41) is 18.6. The number of hydrogen-bond acceptors (Lipinski definition) is 5. The van der Waals surface area contributed by atoms with Crippen LogP contribution in [-0.2, 0) is 19.7 Å². The summed E-state index contributed by atoms with van der Waals surface area (Å²) >= 11 is 12.6. The van der Waals surface area contributed by atoms with Gasteiger partial charge in [-0.2, -0.15) is 0 Å². The molecule has 1 aliphatic rings. The minimum Gasteiger partial charge on any atom is -0.481 e. The molecule has 0 saturated heterocycles. The summed E-state index contributed by atoms with van der Waals surface area (Å²) in [6.07, 6.45) is -0.269. The Hall–Kier alpha value is -2.13. The van der Waals surface area contributed by atoms with E-state index in [0.29, 0.717) is 27.4 Å². The molecule has 1 unspecified atom stereocenters. The number of sulfonamides is 1. The van der Waals surface area contributed by atoms with Gasteiger partial charge < -0.3 is 9.94 Å². The second kappa shape index (κ2) is 7.47. The number of benzene rings is 2. The second-order valence-corrected chi connectivity index (χ2v) is 8.24. The summed E-state index contributed by atoms with van der Waals surface area (Å²) in [6, 6.07) is 9.19. The first-order chi connectivity index (χ1) is 12.7. The third-order valence-corrected chi connectivity index (χ3v) is 5.87. The van der Waals surface area contributed by atoms with Crippen molar-refractivity contribution in [2.45, 2.75) is 17.2 Å². The number of nitrogens with zero attached hydrogens (tertiary/aromatic N) is 1. The van der Waals surface area contributed by atoms with Crippen LogP contribution in [0.2, 0.25) is 10.0 Å². The molecule has 0 fully saturated rings. The molecule has 0 aromatic heterocycles. The van der Waals surface area contributed by atoms with Crippen LogP contribution in [0.25, 0.3) is 11.1 Å². The Morgan fingerprint density at radius 1 is 1.22 bits per heavy atom. The van der Waals surface area contributed by atoms with E-state index in [2.05, 4.69) is 5.16 Å². The Labute approximate surface area is 165 Å². The number of nitrogens with two attached hydrogens (primary N) is 1. The summed E-state index contributed by atoms with van der Waals surface area (Å²) in [4.78, 5) is 16.2. The molecule has 3 N–H and O–H groups in total. The van der Waals surface area contributed by atoms with Crippen LogP contribution in [0.3, 0.4) is 0 Å². The van der Waals surface area contributed by atoms with Crippen molar-refractivity contribution in [3.05, 3.63) is 52.0 Å². The minimum atomic E-state index is -3.83. The van der Waals surface area contributed by atoms with Gasteiger partial charge in [0.15, 0.2) is 0 Å². The Kier molecular flexibility index (Phi) is 5.43. The third kappa shape index (κ3) is 4.08. The van der Waals surface area contributed by atoms with Gasteiger partial charge in [-0.05, 0) is 29.3 Å². The van der Waals surface area contributed by atoms with Crippen molar-refractivity contribution in [1.82, 2.24) is 0 Å². The fourth-order valence-corrected chi connectivity index (χ4v) is 3.85. The van der Waals surface area contributed by atoms with Gasteiger partial charge in [0.2, 0.25) is 10.0 Å². The topological polar surface area (TPSA) is 119 Å². The lowest BCUT2D eigenvalue weighted by Crippen LogP contribution is -2.16. The number of carboxylic acid groups (broad SMARTS) is 1. The van der Waals surface area contributed by atoms with E-state index in [4.69, 9.17) is 38.3 Å². The number of rotatable bonds is 5. The molecule has 27 heavy (non-hydrogen) atoms. The number of aliphatic carboxylic acids is 1. The predicted octanol–water partition coefficient (Wildman–Crippen LogP) is 3.25. The smallest absolute Gasteiger partial charge is 0.309 e. The molecule has 3 rings (SSSR count). The number of carbonyl (C=O) groups is 1. The maximum absolute atomic E-state index is 11.5. The van der Waals surface area contributed by atoms with Crippen molar-refractivity contribution < 1.29 is 23.2 Å². The lowest BCUT2D eigenvalue weighted by atomic mass is 9.87. The highest BCUT2D eigenvalue weighted by Crippen LogP contribution is 2.41. The molecular formula is C17H14Cl2N2O5S. The average Bonchev–Trinajstić information content (AvgIpc) is 3.03. The van der Waals surface area contributed by atoms with Gasteiger partial charge in [0, 0.05) is 5.56 Å². The number of oxime groups is 1. The maximum atomic E-state index is 11.5. The number of primary sulfonamides is 1. The molecule has 1 aliphatic heterocycles. The van der Waals surface area contributed by atoms with Crippen molar-refractivity contribution in [2.75, 3.05) is 6.61 Å². The standard InChI is InChI=1S/C17H14Cl2N2O5S/c18-13-6-5-11(12-8-26-21-14(12)7-15(22)23)16(17(13)19)9-1-3-10(4-2-9)27(20,24)25/h1-6,12H,7-8H2,(H,22,23)(H2,20,24,25). The summed E-state index contributed by atoms with van der Waals surface area (Å²) < 4.78 is 22.9. The fraction of sp³-hybridized carbons (Fsp3) is 0.176. The van der Waals surface area contributed by atoms with E-state index >= 15 is 0 Å². The first-order valence-electron chi connectivity index (χ1n) is 7.70. The van der Waals surface area contributed by atoms with E-state index < -0.39 is 21.9 Å². The second-order valence-electron chi connectivity index (χ2n) is 5.90. The Balaban J connectivity index is 2.12. The highest BCUT2D eigenvalue weighted by molar-refractivity contribution is 7.89. The normalized spacial score (nSPS) is 16.7. The van der Waals surface area contributed by atoms with Gasteiger partial charge in [-0.1, -0.05) is 46.6 Å². The fourth-order valence-electron chi connectivity index (χ4n) is 2.89. The molecule has 0 saturated carbocycles. The molecule has 1 heterocycles. The van der Waals surface area contributed by atoms with Crippen LogP contribution in [0.15, 0.2) is 46.4 Å². The molecule has 7 nitrogen and oxygen atoms in total. The van der Waals surface area contributed by atoms with Gasteiger partial charge in [0.25, 0.3) is 0 Å². The van der Waals surface area contributed by atoms with Gasteiger partial charge in [0.1, 0.15) is 6.61 Å². The highest BCUT2D eigenvalue weighted by atomic mass is 35.5. The quantitative estimate of drug-likeness (QED) is 0.756. The predicted molar refractivity (Wildman–Crippen MR) is 102 cm³/mol. The first kappa shape index (κ1) is 19.6. The molecule has 2 aromatic rings. The van der Waals surface area contributed by atoms with Crippen molar-refractivity contribution >= 4 is 44.9 Å². The van der Waals surface area contributed by atoms with Crippen LogP contribution < -0.4 is 5.14 Å². The molecule has 142 valence electrons. The summed E-state index contributed by atoms with van der Waals surface area (Å²) in [7, 11) is -3.83. The van der Waals surface area contributed by atoms with Gasteiger partial charge in [-0.3, -0.25) is 4.79 Å². The molecule has 0 bridgehead atoms. The van der Waals surface area contributed by atoms with Crippen LogP contribution >= 0.6 is 23.2 Å². The van der Waals surface area contributed by atoms with Crippen molar-refractivity contribution in [1.29, 1.82) is 0 Å². The Morgan fingerprint density at radius 3 is 2.48 bits per heavy atom. The van der Waals surface area contributed by atoms with Crippen LogP contribution in [0, 0.1) is 0 Å². The van der Waals surface area contributed by atoms with Gasteiger partial charge in [0.05, 0.1) is 33.0 Å². The van der Waals surface area contributed by atoms with Crippen LogP contribution in [0.4, 0.5) is 0 Å². The first-order valence-corrected chi connectivity index (χ1v) is 10.0. The molecule has 0 amide bonds. The Bertz CT molecular complexity index is 1040. The zero-order valence-electron chi connectivity index (χ0n) is 13.7. The average molecular weight is 429 g/mol. The van der Waals surface area contributed by atoms with E-state index in [9.17, 15) is 13.2 Å². The molecular weight excluding hydrogens is 415 g/mol. The molecule has 0 spiro atoms. The zero-order chi connectivity index (χ0) is 19.8. The number of hydrogen-bond donors (Lipinski definition) is 2. The van der Waals surface area contributed by atoms with E-state index in [1.54, 1.807) is 24.3 Å². The van der Waals surface area contributed by atoms with Gasteiger partial charge in [-0.25, -0.2) is 13.6 Å². The van der Waals surface area contributed by atoms with Crippen molar-refractivity contribution in [2.24, 2.45) is 10.3 Å². The SMILES string of the molecule is NS(=O)(=O)c1ccc(-c2c(C3CON=C3CC(=O)O)ccc(Cl)c2Cl)cc1. The Morgan fingerprint density at radius 2 is 1.89 bits per heavy atom. The number of carboxylic acids is 1. The lowest BCUT2D eigenvalue weighted by Gasteiger charge is -2.18. The molecule has 1 atom stereocenters. The van der Waals surface area contributed by atoms with Crippen LogP contribution in [0.1, 0.15) is 17.9 Å². The summed E-state index contributed by atoms with van der Waals surface area (Å²) in [5.74, 6) is -1.44. The largest absolute Gasteiger partial charge is 0.481 e. The monoisotopic (exact) mass is 428 g/mol. The van der Waals surface area contributed by atoms with Crippen molar-refractivity contribution in [3.8, 4) is 11.1 Å². The van der Waals surface area contributed by atoms with Gasteiger partial charge in [-0.15, -0.1) is 0 Å². The zero-order valence-corrected chi connectivity index (χ0v) is 16.1. The third-order valence-electron chi connectivity index (χ3n) is 4.13. The van der Waals surface area contributed by atoms with E-state index in [0.717, 1.165) is 0 Å². The van der Waals surface area contributed by atoms with E-state index in [1.165, 1.54) is 12.1 Å². The van der Waals surface area contributed by atoms with Crippen LogP contribution in [0.5, 0.6) is 0 Å².